The second-order valence-electron chi connectivity index (χ2n) is 15.3. The lowest BCUT2D eigenvalue weighted by Gasteiger charge is -2.19. The lowest BCUT2D eigenvalue weighted by molar-refractivity contribution is 0.102. The van der Waals surface area contributed by atoms with E-state index in [4.69, 9.17) is 0 Å². The van der Waals surface area contributed by atoms with Gasteiger partial charge < -0.3 is 4.98 Å². The fraction of sp³-hybridized carbons (Fsp3) is 0.234. The van der Waals surface area contributed by atoms with Gasteiger partial charge in [-0.05, 0) is 97.0 Å². The summed E-state index contributed by atoms with van der Waals surface area (Å²) in [5.74, 6) is -1.09. The van der Waals surface area contributed by atoms with Gasteiger partial charge in [-0.15, -0.1) is 0 Å². The van der Waals surface area contributed by atoms with Gasteiger partial charge in [0.25, 0.3) is 11.1 Å². The second kappa shape index (κ2) is 16.2. The number of nitrogens with one attached hydrogen (secondary N) is 3. The molecule has 0 amide bonds. The Balaban J connectivity index is 0.000000223. The van der Waals surface area contributed by atoms with Crippen LogP contribution in [0.3, 0.4) is 0 Å². The minimum Gasteiger partial charge on any atom is -0.304 e. The molecule has 0 unspecified atom stereocenters. The average molecular weight is 763 g/mol. The largest absolute Gasteiger partial charge is 0.329 e. The van der Waals surface area contributed by atoms with E-state index in [-0.39, 0.29) is 41.3 Å². The Morgan fingerprint density at radius 1 is 0.561 bits per heavy atom. The Morgan fingerprint density at radius 3 is 1.51 bits per heavy atom. The average Bonchev–Trinajstić information content (AvgIpc) is 3.13. The summed E-state index contributed by atoms with van der Waals surface area (Å²) < 4.78 is 1.45. The van der Waals surface area contributed by atoms with Gasteiger partial charge in [0.1, 0.15) is 5.69 Å². The van der Waals surface area contributed by atoms with Gasteiger partial charge in [-0.25, -0.2) is 9.59 Å². The molecule has 0 spiro atoms. The lowest BCUT2D eigenvalue weighted by atomic mass is 9.94. The van der Waals surface area contributed by atoms with Crippen LogP contribution >= 0.6 is 0 Å². The maximum Gasteiger partial charge on any atom is 0.329 e. The van der Waals surface area contributed by atoms with Crippen molar-refractivity contribution in [2.75, 3.05) is 0 Å². The SMILES string of the molecule is Cc1cc(C)cc(C(=O)c2[nH]c(=O)[nH]c(=O)c2C(C)C)c1.Cc1cc(C)cc(C(=O)c2c(C(C)C)c(=O)[nH]c(=O)n2Cc2c3ccccc3cc3ccccc23)c1. The van der Waals surface area contributed by atoms with Gasteiger partial charge in [0.2, 0.25) is 11.6 Å². The van der Waals surface area contributed by atoms with Crippen molar-refractivity contribution in [1.82, 2.24) is 19.5 Å². The van der Waals surface area contributed by atoms with E-state index < -0.39 is 22.5 Å². The molecule has 7 rings (SSSR count). The van der Waals surface area contributed by atoms with Gasteiger partial charge in [0.05, 0.1) is 12.2 Å². The molecule has 3 N–H and O–H groups in total. The third kappa shape index (κ3) is 8.30. The first kappa shape index (κ1) is 40.0. The van der Waals surface area contributed by atoms with Crippen LogP contribution in [0, 0.1) is 27.7 Å². The van der Waals surface area contributed by atoms with Crippen LogP contribution in [0.1, 0.15) is 111 Å². The third-order valence-corrected chi connectivity index (χ3v) is 9.98. The highest BCUT2D eigenvalue weighted by Crippen LogP contribution is 2.30. The molecular weight excluding hydrogens is 717 g/mol. The Kier molecular flexibility index (Phi) is 11.4. The molecule has 0 aliphatic heterocycles. The standard InChI is InChI=1S/C31H28N2O3.C16H18N2O3/c1-18(2)27-28(29(34)23-14-19(3)13-20(4)15-23)33(31(36)32-30(27)35)17-26-24-11-7-5-9-21(24)16-22-10-6-8-12-25(22)26;1-8(2)12-13(17-16(21)18-15(12)20)14(19)11-6-9(3)5-10(4)7-11/h5-16,18H,17H2,1-4H3,(H,32,35,36);5-8H,1-4H3,(H2,17,18,20,21). The van der Waals surface area contributed by atoms with Crippen LogP contribution in [0.25, 0.3) is 21.5 Å². The van der Waals surface area contributed by atoms with E-state index in [0.717, 1.165) is 49.4 Å². The Hall–Kier alpha value is -6.68. The summed E-state index contributed by atoms with van der Waals surface area (Å²) in [7, 11) is 0. The van der Waals surface area contributed by atoms with Crippen molar-refractivity contribution in [1.29, 1.82) is 0 Å². The van der Waals surface area contributed by atoms with Gasteiger partial charge in [0, 0.05) is 22.3 Å². The molecule has 0 aliphatic rings. The van der Waals surface area contributed by atoms with Crippen molar-refractivity contribution < 1.29 is 9.59 Å². The number of carbonyl (C=O) groups excluding carboxylic acids is 2. The van der Waals surface area contributed by atoms with Crippen molar-refractivity contribution in [3.05, 3.63) is 194 Å². The molecule has 2 aromatic heterocycles. The van der Waals surface area contributed by atoms with E-state index in [1.54, 1.807) is 26.0 Å². The first-order valence-corrected chi connectivity index (χ1v) is 18.9. The number of hydrogen-bond donors (Lipinski definition) is 3. The number of ketones is 2. The highest BCUT2D eigenvalue weighted by atomic mass is 16.2. The molecule has 5 aromatic carbocycles. The lowest BCUT2D eigenvalue weighted by Crippen LogP contribution is -2.38. The number of H-pyrrole nitrogens is 3. The van der Waals surface area contributed by atoms with Crippen molar-refractivity contribution in [2.45, 2.75) is 73.8 Å². The molecule has 0 saturated heterocycles. The summed E-state index contributed by atoms with van der Waals surface area (Å²) in [5, 5.41) is 4.11. The van der Waals surface area contributed by atoms with E-state index in [1.807, 2.05) is 114 Å². The van der Waals surface area contributed by atoms with E-state index in [2.05, 4.69) is 21.0 Å². The number of hydrogen-bond acceptors (Lipinski definition) is 6. The summed E-state index contributed by atoms with van der Waals surface area (Å²) in [6.07, 6.45) is 0. The van der Waals surface area contributed by atoms with Crippen LogP contribution in [0.15, 0.2) is 110 Å². The van der Waals surface area contributed by atoms with Gasteiger partial charge in [-0.3, -0.25) is 33.7 Å². The van der Waals surface area contributed by atoms with Crippen LogP contribution < -0.4 is 22.5 Å². The predicted octanol–water partition coefficient (Wildman–Crippen LogP) is 7.90. The van der Waals surface area contributed by atoms with E-state index >= 15 is 0 Å². The number of benzene rings is 5. The highest BCUT2D eigenvalue weighted by molar-refractivity contribution is 6.10. The smallest absolute Gasteiger partial charge is 0.304 e. The molecule has 10 heteroatoms. The molecular formula is C47H46N4O6. The molecule has 0 atom stereocenters. The van der Waals surface area contributed by atoms with Crippen molar-refractivity contribution in [3.63, 3.8) is 0 Å². The van der Waals surface area contributed by atoms with Gasteiger partial charge in [-0.2, -0.15) is 0 Å². The molecule has 290 valence electrons. The van der Waals surface area contributed by atoms with Crippen LogP contribution in [0.2, 0.25) is 0 Å². The van der Waals surface area contributed by atoms with Crippen LogP contribution in [-0.2, 0) is 6.54 Å². The zero-order chi connectivity index (χ0) is 41.3. The molecule has 0 saturated carbocycles. The van der Waals surface area contributed by atoms with Gasteiger partial charge >= 0.3 is 11.4 Å². The Bertz CT molecular complexity index is 2870. The van der Waals surface area contributed by atoms with Crippen LogP contribution in [0.4, 0.5) is 0 Å². The maximum atomic E-state index is 14.0. The molecule has 7 aromatic rings. The quantitative estimate of drug-likeness (QED) is 0.106. The van der Waals surface area contributed by atoms with Crippen molar-refractivity contribution >= 4 is 33.1 Å². The number of aromatic amines is 3. The zero-order valence-corrected chi connectivity index (χ0v) is 33.4. The number of aromatic nitrogens is 4. The van der Waals surface area contributed by atoms with Crippen LogP contribution in [-0.4, -0.2) is 31.1 Å². The molecule has 10 nitrogen and oxygen atoms in total. The Labute approximate surface area is 329 Å². The molecule has 57 heavy (non-hydrogen) atoms. The zero-order valence-electron chi connectivity index (χ0n) is 33.4. The summed E-state index contributed by atoms with van der Waals surface area (Å²) >= 11 is 0. The minimum absolute atomic E-state index is 0.0729. The van der Waals surface area contributed by atoms with Crippen molar-refractivity contribution in [3.8, 4) is 0 Å². The normalized spacial score (nSPS) is 11.3. The number of carbonyl (C=O) groups is 2. The summed E-state index contributed by atoms with van der Waals surface area (Å²) in [4.78, 5) is 83.5. The molecule has 0 radical (unpaired) electrons. The van der Waals surface area contributed by atoms with Gasteiger partial charge in [0.15, 0.2) is 0 Å². The first-order valence-electron chi connectivity index (χ1n) is 18.9. The molecule has 0 fully saturated rings. The second-order valence-corrected chi connectivity index (χ2v) is 15.3. The minimum atomic E-state index is -0.669. The monoisotopic (exact) mass is 762 g/mol. The number of fused-ring (bicyclic) bond motifs is 2. The van der Waals surface area contributed by atoms with E-state index in [9.17, 15) is 28.8 Å². The van der Waals surface area contributed by atoms with E-state index in [0.29, 0.717) is 22.3 Å². The molecule has 2 heterocycles. The van der Waals surface area contributed by atoms with Crippen molar-refractivity contribution in [2.24, 2.45) is 0 Å². The van der Waals surface area contributed by atoms with E-state index in [1.165, 1.54) is 4.57 Å². The maximum absolute atomic E-state index is 14.0. The summed E-state index contributed by atoms with van der Waals surface area (Å²) in [5.41, 5.74) is 4.24. The van der Waals surface area contributed by atoms with Gasteiger partial charge in [-0.1, -0.05) is 111 Å². The summed E-state index contributed by atoms with van der Waals surface area (Å²) in [6.45, 7) is 15.2. The number of rotatable bonds is 8. The fourth-order valence-corrected chi connectivity index (χ4v) is 7.67. The molecule has 0 bridgehead atoms. The highest BCUT2D eigenvalue weighted by Gasteiger charge is 2.26. The fourth-order valence-electron chi connectivity index (χ4n) is 7.67. The van der Waals surface area contributed by atoms with Crippen LogP contribution in [0.5, 0.6) is 0 Å². The topological polar surface area (TPSA) is 155 Å². The summed E-state index contributed by atoms with van der Waals surface area (Å²) in [6, 6.07) is 29.3. The molecule has 0 aliphatic carbocycles. The third-order valence-electron chi connectivity index (χ3n) is 9.98. The number of aryl methyl sites for hydroxylation is 4. The predicted molar refractivity (Wildman–Crippen MR) is 226 cm³/mol. The first-order chi connectivity index (χ1) is 27.0. The number of nitrogens with zero attached hydrogens (tertiary/aromatic N) is 1. The Morgan fingerprint density at radius 2 is 1.02 bits per heavy atom.